The summed E-state index contributed by atoms with van der Waals surface area (Å²) in [6, 6.07) is 8.76. The van der Waals surface area contributed by atoms with Crippen LogP contribution in [0.15, 0.2) is 61.3 Å². The van der Waals surface area contributed by atoms with Gasteiger partial charge >= 0.3 is 12.1 Å². The highest BCUT2D eigenvalue weighted by molar-refractivity contribution is 6.21. The van der Waals surface area contributed by atoms with Crippen LogP contribution in [0.4, 0.5) is 4.79 Å². The molecule has 4 aromatic heterocycles. The van der Waals surface area contributed by atoms with Crippen LogP contribution in [-0.4, -0.2) is 48.6 Å². The Balaban J connectivity index is 1.61. The van der Waals surface area contributed by atoms with Gasteiger partial charge in [-0.05, 0) is 18.2 Å². The van der Waals surface area contributed by atoms with Crippen LogP contribution in [0.2, 0.25) is 0 Å². The quantitative estimate of drug-likeness (QED) is 0.430. The number of rotatable bonds is 4. The lowest BCUT2D eigenvalue weighted by Gasteiger charge is -2.05. The summed E-state index contributed by atoms with van der Waals surface area (Å²) in [7, 11) is 1.49. The molecule has 0 spiro atoms. The molecule has 2 N–H and O–H groups in total. The number of carbonyl (C=O) groups is 2. The molecule has 0 aliphatic heterocycles. The minimum Gasteiger partial charge on any atom is -0.467 e. The number of hydrogen-bond donors (Lipinski definition) is 2. The van der Waals surface area contributed by atoms with Crippen LogP contribution in [0.3, 0.4) is 0 Å². The second-order valence-electron chi connectivity index (χ2n) is 6.82. The molecule has 0 aliphatic carbocycles. The standard InChI is InChI=1S/C22H15N5O4/c1-31-21-25-9-13(10-26-21)12-7-16-17(11-24-20(16)23-8-12)19(28)15-3-2-4-18-14(15)5-6-27(18)22(29)30/h2-11H,1H3,(H,23,24)(H,29,30). The Morgan fingerprint density at radius 3 is 2.52 bits per heavy atom. The number of ether oxygens (including phenoxy) is 1. The molecule has 0 saturated heterocycles. The van der Waals surface area contributed by atoms with Crippen molar-refractivity contribution in [2.75, 3.05) is 7.11 Å². The third kappa shape index (κ3) is 2.99. The lowest BCUT2D eigenvalue weighted by molar-refractivity contribution is 0.104. The first-order chi connectivity index (χ1) is 15.1. The van der Waals surface area contributed by atoms with Gasteiger partial charge in [0.25, 0.3) is 0 Å². The number of benzene rings is 1. The van der Waals surface area contributed by atoms with Crippen LogP contribution < -0.4 is 4.74 Å². The Morgan fingerprint density at radius 2 is 1.77 bits per heavy atom. The highest BCUT2D eigenvalue weighted by atomic mass is 16.5. The van der Waals surface area contributed by atoms with E-state index in [0.717, 1.165) is 15.7 Å². The van der Waals surface area contributed by atoms with Crippen LogP contribution in [0.1, 0.15) is 15.9 Å². The van der Waals surface area contributed by atoms with Gasteiger partial charge in [-0.15, -0.1) is 0 Å². The largest absolute Gasteiger partial charge is 0.467 e. The molecule has 9 nitrogen and oxygen atoms in total. The number of methoxy groups -OCH3 is 1. The number of nitrogens with zero attached hydrogens (tertiary/aromatic N) is 4. The monoisotopic (exact) mass is 413 g/mol. The number of aromatic amines is 1. The zero-order valence-electron chi connectivity index (χ0n) is 16.2. The zero-order valence-corrected chi connectivity index (χ0v) is 16.2. The molecule has 5 aromatic rings. The Hall–Kier alpha value is -4.53. The smallest absolute Gasteiger partial charge is 0.415 e. The number of ketones is 1. The molecule has 0 aliphatic rings. The highest BCUT2D eigenvalue weighted by Crippen LogP contribution is 2.28. The van der Waals surface area contributed by atoms with Crippen molar-refractivity contribution in [3.8, 4) is 17.1 Å². The number of pyridine rings is 1. The number of fused-ring (bicyclic) bond motifs is 2. The van der Waals surface area contributed by atoms with E-state index in [9.17, 15) is 14.7 Å². The summed E-state index contributed by atoms with van der Waals surface area (Å²) in [4.78, 5) is 40.5. The van der Waals surface area contributed by atoms with Gasteiger partial charge in [-0.3, -0.25) is 9.36 Å². The molecular weight excluding hydrogens is 398 g/mol. The molecule has 1 aromatic carbocycles. The summed E-state index contributed by atoms with van der Waals surface area (Å²) >= 11 is 0. The van der Waals surface area contributed by atoms with Gasteiger partial charge in [0.2, 0.25) is 0 Å². The Morgan fingerprint density at radius 1 is 1.00 bits per heavy atom. The predicted octanol–water partition coefficient (Wildman–Crippen LogP) is 3.74. The van der Waals surface area contributed by atoms with Gasteiger partial charge in [0.1, 0.15) is 5.65 Å². The Bertz CT molecular complexity index is 1470. The maximum absolute atomic E-state index is 13.4. The van der Waals surface area contributed by atoms with E-state index in [1.165, 1.54) is 13.3 Å². The summed E-state index contributed by atoms with van der Waals surface area (Å²) in [5, 5.41) is 10.6. The first-order valence-corrected chi connectivity index (χ1v) is 9.28. The van der Waals surface area contributed by atoms with Crippen LogP contribution >= 0.6 is 0 Å². The van der Waals surface area contributed by atoms with E-state index in [1.54, 1.807) is 49.1 Å². The predicted molar refractivity (Wildman–Crippen MR) is 112 cm³/mol. The second-order valence-corrected chi connectivity index (χ2v) is 6.82. The van der Waals surface area contributed by atoms with Gasteiger partial charge in [0, 0.05) is 64.0 Å². The van der Waals surface area contributed by atoms with Crippen molar-refractivity contribution in [2.45, 2.75) is 0 Å². The van der Waals surface area contributed by atoms with E-state index in [4.69, 9.17) is 4.74 Å². The normalized spacial score (nSPS) is 11.1. The fraction of sp³-hybridized carbons (Fsp3) is 0.0455. The molecule has 0 saturated carbocycles. The SMILES string of the molecule is COc1ncc(-c2cnc3[nH]cc(C(=O)c4cccc5c4ccn5C(=O)O)c3c2)cn1. The number of aromatic nitrogens is 5. The molecular formula is C22H15N5O4. The minimum absolute atomic E-state index is 0.232. The lowest BCUT2D eigenvalue weighted by atomic mass is 9.99. The Labute approximate surface area is 175 Å². The van der Waals surface area contributed by atoms with Crippen molar-refractivity contribution in [2.24, 2.45) is 0 Å². The average molecular weight is 413 g/mol. The van der Waals surface area contributed by atoms with Crippen molar-refractivity contribution < 1.29 is 19.4 Å². The van der Waals surface area contributed by atoms with E-state index >= 15 is 0 Å². The molecule has 152 valence electrons. The van der Waals surface area contributed by atoms with Crippen molar-refractivity contribution in [1.29, 1.82) is 0 Å². The van der Waals surface area contributed by atoms with Gasteiger partial charge in [-0.25, -0.2) is 19.7 Å². The fourth-order valence-corrected chi connectivity index (χ4v) is 3.60. The summed E-state index contributed by atoms with van der Waals surface area (Å²) < 4.78 is 6.08. The van der Waals surface area contributed by atoms with Crippen molar-refractivity contribution in [3.63, 3.8) is 0 Å². The number of H-pyrrole nitrogens is 1. The van der Waals surface area contributed by atoms with E-state index in [-0.39, 0.29) is 11.8 Å². The number of carboxylic acid groups (broad SMARTS) is 1. The average Bonchev–Trinajstić information content (AvgIpc) is 3.42. The molecule has 0 amide bonds. The zero-order chi connectivity index (χ0) is 21.5. The fourth-order valence-electron chi connectivity index (χ4n) is 3.60. The van der Waals surface area contributed by atoms with E-state index in [2.05, 4.69) is 19.9 Å². The van der Waals surface area contributed by atoms with E-state index in [0.29, 0.717) is 33.1 Å². The number of nitrogens with one attached hydrogen (secondary N) is 1. The topological polar surface area (TPSA) is 123 Å². The van der Waals surface area contributed by atoms with Crippen LogP contribution in [-0.2, 0) is 0 Å². The van der Waals surface area contributed by atoms with Crippen LogP contribution in [0.5, 0.6) is 6.01 Å². The van der Waals surface area contributed by atoms with Gasteiger partial charge in [0.05, 0.1) is 12.6 Å². The van der Waals surface area contributed by atoms with Gasteiger partial charge in [-0.2, -0.15) is 0 Å². The molecule has 5 rings (SSSR count). The van der Waals surface area contributed by atoms with Crippen LogP contribution in [0.25, 0.3) is 33.1 Å². The third-order valence-electron chi connectivity index (χ3n) is 5.10. The van der Waals surface area contributed by atoms with Gasteiger partial charge in [0.15, 0.2) is 5.78 Å². The summed E-state index contributed by atoms with van der Waals surface area (Å²) in [5.41, 5.74) is 3.35. The molecule has 4 heterocycles. The molecule has 31 heavy (non-hydrogen) atoms. The van der Waals surface area contributed by atoms with Crippen molar-refractivity contribution >= 4 is 33.8 Å². The van der Waals surface area contributed by atoms with Crippen molar-refractivity contribution in [1.82, 2.24) is 24.5 Å². The number of hydrogen-bond acceptors (Lipinski definition) is 6. The summed E-state index contributed by atoms with van der Waals surface area (Å²) in [6.45, 7) is 0. The molecule has 0 atom stereocenters. The van der Waals surface area contributed by atoms with Gasteiger partial charge in [-0.1, -0.05) is 12.1 Å². The molecule has 0 radical (unpaired) electrons. The second kappa shape index (κ2) is 7.06. The first kappa shape index (κ1) is 18.5. The lowest BCUT2D eigenvalue weighted by Crippen LogP contribution is -2.06. The first-order valence-electron chi connectivity index (χ1n) is 9.28. The Kier molecular flexibility index (Phi) is 4.21. The number of carbonyl (C=O) groups excluding carboxylic acids is 1. The summed E-state index contributed by atoms with van der Waals surface area (Å²) in [5.74, 6) is -0.232. The van der Waals surface area contributed by atoms with E-state index < -0.39 is 6.09 Å². The maximum atomic E-state index is 13.4. The minimum atomic E-state index is -1.11. The maximum Gasteiger partial charge on any atom is 0.415 e. The van der Waals surface area contributed by atoms with Crippen molar-refractivity contribution in [3.05, 3.63) is 72.4 Å². The van der Waals surface area contributed by atoms with E-state index in [1.807, 2.05) is 6.07 Å². The third-order valence-corrected chi connectivity index (χ3v) is 5.10. The van der Waals surface area contributed by atoms with Gasteiger partial charge < -0.3 is 14.8 Å². The summed E-state index contributed by atoms with van der Waals surface area (Å²) in [6.07, 6.45) is 6.86. The van der Waals surface area contributed by atoms with Crippen LogP contribution in [0, 0.1) is 0 Å². The highest BCUT2D eigenvalue weighted by Gasteiger charge is 2.19. The molecule has 0 unspecified atom stereocenters. The molecule has 0 bridgehead atoms. The molecule has 9 heteroatoms. The molecule has 0 fully saturated rings.